The first-order valence-corrected chi connectivity index (χ1v) is 9.45. The molecule has 144 valence electrons. The molecule has 2 N–H and O–H groups in total. The molecule has 0 fully saturated rings. The van der Waals surface area contributed by atoms with Gasteiger partial charge in [0.25, 0.3) is 5.91 Å². The topological polar surface area (TPSA) is 93.2 Å². The smallest absolute Gasteiger partial charge is 0.412 e. The predicted octanol–water partition coefficient (Wildman–Crippen LogP) is 4.80. The van der Waals surface area contributed by atoms with Gasteiger partial charge in [0.1, 0.15) is 16.4 Å². The summed E-state index contributed by atoms with van der Waals surface area (Å²) in [4.78, 5) is 32.8. The van der Waals surface area contributed by atoms with Crippen LogP contribution in [0.25, 0.3) is 10.6 Å². The Kier molecular flexibility index (Phi) is 5.70. The highest BCUT2D eigenvalue weighted by atomic mass is 32.1. The number of rotatable bonds is 4. The number of nitrogens with one attached hydrogen (secondary N) is 2. The standard InChI is InChI=1S/C20H20N4O3S/c1-20(2,3)27-19(26)22-15-6-4-5-14(11-15)17(25)23-16-12-28-18(24-16)13-7-9-21-10-8-13/h4-12H,1-3H3,(H,22,26)(H,23,25). The molecule has 2 amide bonds. The number of nitrogens with zero attached hydrogens (tertiary/aromatic N) is 2. The number of anilines is 2. The van der Waals surface area contributed by atoms with Crippen molar-refractivity contribution < 1.29 is 14.3 Å². The fourth-order valence-corrected chi connectivity index (χ4v) is 3.06. The number of amides is 2. The first-order chi connectivity index (χ1) is 13.3. The van der Waals surface area contributed by atoms with Crippen molar-refractivity contribution in [3.05, 3.63) is 59.7 Å². The summed E-state index contributed by atoms with van der Waals surface area (Å²) in [7, 11) is 0. The lowest BCUT2D eigenvalue weighted by Crippen LogP contribution is -2.27. The lowest BCUT2D eigenvalue weighted by Gasteiger charge is -2.19. The second-order valence-electron chi connectivity index (χ2n) is 6.94. The number of carbonyl (C=O) groups excluding carboxylic acids is 2. The van der Waals surface area contributed by atoms with Crippen molar-refractivity contribution >= 4 is 34.8 Å². The van der Waals surface area contributed by atoms with Gasteiger partial charge < -0.3 is 10.1 Å². The molecule has 3 rings (SSSR count). The second kappa shape index (κ2) is 8.18. The average Bonchev–Trinajstić information content (AvgIpc) is 3.09. The van der Waals surface area contributed by atoms with Gasteiger partial charge in [0.05, 0.1) is 0 Å². The molecule has 0 radical (unpaired) electrons. The fraction of sp³-hybridized carbons (Fsp3) is 0.200. The molecule has 3 aromatic rings. The van der Waals surface area contributed by atoms with Crippen molar-refractivity contribution in [2.45, 2.75) is 26.4 Å². The summed E-state index contributed by atoms with van der Waals surface area (Å²) >= 11 is 1.43. The minimum atomic E-state index is -0.601. The van der Waals surface area contributed by atoms with Gasteiger partial charge in [-0.2, -0.15) is 0 Å². The van der Waals surface area contributed by atoms with E-state index in [1.165, 1.54) is 11.3 Å². The van der Waals surface area contributed by atoms with Gasteiger partial charge in [-0.15, -0.1) is 11.3 Å². The van der Waals surface area contributed by atoms with E-state index < -0.39 is 11.7 Å². The minimum absolute atomic E-state index is 0.320. The van der Waals surface area contributed by atoms with Gasteiger partial charge in [0.15, 0.2) is 0 Å². The van der Waals surface area contributed by atoms with Gasteiger partial charge in [-0.3, -0.25) is 15.1 Å². The Balaban J connectivity index is 1.67. The molecule has 2 heterocycles. The molecule has 0 bridgehead atoms. The second-order valence-corrected chi connectivity index (χ2v) is 7.79. The molecule has 0 saturated carbocycles. The van der Waals surface area contributed by atoms with E-state index in [4.69, 9.17) is 4.74 Å². The van der Waals surface area contributed by atoms with Crippen molar-refractivity contribution in [2.24, 2.45) is 0 Å². The van der Waals surface area contributed by atoms with Gasteiger partial charge in [0.2, 0.25) is 0 Å². The van der Waals surface area contributed by atoms with Gasteiger partial charge in [-0.25, -0.2) is 9.78 Å². The summed E-state index contributed by atoms with van der Waals surface area (Å²) in [5.74, 6) is 0.145. The van der Waals surface area contributed by atoms with Crippen LogP contribution in [0.5, 0.6) is 0 Å². The molecular weight excluding hydrogens is 376 g/mol. The molecule has 8 heteroatoms. The Hall–Kier alpha value is -3.26. The maximum absolute atomic E-state index is 12.5. The van der Waals surface area contributed by atoms with Crippen molar-refractivity contribution in [3.8, 4) is 10.6 Å². The molecule has 0 aliphatic heterocycles. The zero-order chi connectivity index (χ0) is 20.1. The molecule has 0 saturated heterocycles. The molecule has 0 atom stereocenters. The van der Waals surface area contributed by atoms with Crippen LogP contribution in [0.1, 0.15) is 31.1 Å². The molecule has 28 heavy (non-hydrogen) atoms. The zero-order valence-electron chi connectivity index (χ0n) is 15.7. The Morgan fingerprint density at radius 2 is 1.82 bits per heavy atom. The molecule has 0 spiro atoms. The fourth-order valence-electron chi connectivity index (χ4n) is 2.31. The number of ether oxygens (including phenoxy) is 1. The minimum Gasteiger partial charge on any atom is -0.444 e. The summed E-state index contributed by atoms with van der Waals surface area (Å²) in [6.45, 7) is 5.35. The highest BCUT2D eigenvalue weighted by Crippen LogP contribution is 2.25. The van der Waals surface area contributed by atoms with E-state index in [1.807, 2.05) is 12.1 Å². The molecule has 0 aliphatic rings. The summed E-state index contributed by atoms with van der Waals surface area (Å²) in [6.07, 6.45) is 2.81. The lowest BCUT2D eigenvalue weighted by molar-refractivity contribution is 0.0635. The molecule has 7 nitrogen and oxygen atoms in total. The van der Waals surface area contributed by atoms with Crippen LogP contribution in [0.4, 0.5) is 16.3 Å². The highest BCUT2D eigenvalue weighted by Gasteiger charge is 2.17. The Bertz CT molecular complexity index is 980. The molecule has 0 aliphatic carbocycles. The summed E-state index contributed by atoms with van der Waals surface area (Å²) in [5, 5.41) is 7.95. The third kappa shape index (κ3) is 5.37. The summed E-state index contributed by atoms with van der Waals surface area (Å²) < 4.78 is 5.22. The van der Waals surface area contributed by atoms with Crippen LogP contribution in [0.3, 0.4) is 0 Å². The van der Waals surface area contributed by atoms with E-state index in [0.717, 1.165) is 10.6 Å². The predicted molar refractivity (Wildman–Crippen MR) is 110 cm³/mol. The SMILES string of the molecule is CC(C)(C)OC(=O)Nc1cccc(C(=O)Nc2csc(-c3ccncc3)n2)c1. The number of hydrogen-bond donors (Lipinski definition) is 2. The number of thiazole rings is 1. The Morgan fingerprint density at radius 1 is 1.07 bits per heavy atom. The quantitative estimate of drug-likeness (QED) is 0.660. The third-order valence-electron chi connectivity index (χ3n) is 3.44. The van der Waals surface area contributed by atoms with Crippen molar-refractivity contribution in [1.29, 1.82) is 0 Å². The maximum atomic E-state index is 12.5. The Morgan fingerprint density at radius 3 is 2.54 bits per heavy atom. The highest BCUT2D eigenvalue weighted by molar-refractivity contribution is 7.13. The van der Waals surface area contributed by atoms with Gasteiger partial charge >= 0.3 is 6.09 Å². The first kappa shape index (κ1) is 19.5. The molecule has 2 aromatic heterocycles. The largest absolute Gasteiger partial charge is 0.444 e. The van der Waals surface area contributed by atoms with Gasteiger partial charge in [-0.1, -0.05) is 6.07 Å². The Labute approximate surface area is 166 Å². The number of aromatic nitrogens is 2. The zero-order valence-corrected chi connectivity index (χ0v) is 16.5. The number of hydrogen-bond acceptors (Lipinski definition) is 6. The normalized spacial score (nSPS) is 11.0. The van der Waals surface area contributed by atoms with Crippen LogP contribution < -0.4 is 10.6 Å². The van der Waals surface area contributed by atoms with Crippen molar-refractivity contribution in [1.82, 2.24) is 9.97 Å². The lowest BCUT2D eigenvalue weighted by atomic mass is 10.2. The summed E-state index contributed by atoms with van der Waals surface area (Å²) in [6, 6.07) is 10.3. The number of pyridine rings is 1. The number of benzene rings is 1. The molecule has 1 aromatic carbocycles. The van der Waals surface area contributed by atoms with E-state index >= 15 is 0 Å². The van der Waals surface area contributed by atoms with Crippen molar-refractivity contribution in [3.63, 3.8) is 0 Å². The van der Waals surface area contributed by atoms with E-state index in [9.17, 15) is 9.59 Å². The molecular formula is C20H20N4O3S. The van der Waals surface area contributed by atoms with Crippen LogP contribution in [0.15, 0.2) is 54.2 Å². The van der Waals surface area contributed by atoms with Crippen LogP contribution in [0.2, 0.25) is 0 Å². The van der Waals surface area contributed by atoms with Gasteiger partial charge in [-0.05, 0) is 51.1 Å². The van der Waals surface area contributed by atoms with Crippen molar-refractivity contribution in [2.75, 3.05) is 10.6 Å². The maximum Gasteiger partial charge on any atom is 0.412 e. The van der Waals surface area contributed by atoms with E-state index in [-0.39, 0.29) is 5.91 Å². The van der Waals surface area contributed by atoms with Gasteiger partial charge in [0, 0.05) is 34.6 Å². The van der Waals surface area contributed by atoms with Crippen LogP contribution in [-0.2, 0) is 4.74 Å². The van der Waals surface area contributed by atoms with Crippen LogP contribution >= 0.6 is 11.3 Å². The van der Waals surface area contributed by atoms with Crippen LogP contribution in [-0.4, -0.2) is 27.6 Å². The summed E-state index contributed by atoms with van der Waals surface area (Å²) in [5.41, 5.74) is 1.20. The van der Waals surface area contributed by atoms with Crippen LogP contribution in [0, 0.1) is 0 Å². The van der Waals surface area contributed by atoms with E-state index in [2.05, 4.69) is 20.6 Å². The van der Waals surface area contributed by atoms with E-state index in [0.29, 0.717) is 17.1 Å². The molecule has 0 unspecified atom stereocenters. The number of carbonyl (C=O) groups is 2. The first-order valence-electron chi connectivity index (χ1n) is 8.57. The third-order valence-corrected chi connectivity index (χ3v) is 4.33. The average molecular weight is 396 g/mol. The van der Waals surface area contributed by atoms with E-state index in [1.54, 1.807) is 62.8 Å². The monoisotopic (exact) mass is 396 g/mol.